The molecule has 1 aromatic heterocycles. The number of amides is 1. The van der Waals surface area contributed by atoms with Crippen molar-refractivity contribution in [3.05, 3.63) is 35.5 Å². The van der Waals surface area contributed by atoms with Crippen LogP contribution < -0.4 is 16.4 Å². The molecule has 1 amide bonds. The van der Waals surface area contributed by atoms with E-state index in [1.165, 1.54) is 6.20 Å². The number of halogens is 1. The number of hydrogen-bond acceptors (Lipinski definition) is 5. The number of anilines is 1. The SMILES string of the molecule is CCc1cc(NC(=N)/C(=C\NC2CCCOC2)C(N)=O)cc(F)n1. The van der Waals surface area contributed by atoms with Gasteiger partial charge in [0.2, 0.25) is 5.95 Å². The predicted molar refractivity (Wildman–Crippen MR) is 89.2 cm³/mol. The molecule has 0 aromatic carbocycles. The monoisotopic (exact) mass is 335 g/mol. The average molecular weight is 335 g/mol. The number of pyridine rings is 1. The van der Waals surface area contributed by atoms with Crippen molar-refractivity contribution in [3.63, 3.8) is 0 Å². The highest BCUT2D eigenvalue weighted by molar-refractivity contribution is 6.23. The molecule has 2 rings (SSSR count). The molecule has 1 fully saturated rings. The first-order valence-electron chi connectivity index (χ1n) is 7.85. The first kappa shape index (κ1) is 17.9. The Hall–Kier alpha value is -2.48. The van der Waals surface area contributed by atoms with Gasteiger partial charge in [-0.1, -0.05) is 6.92 Å². The number of ether oxygens (including phenoxy) is 1. The highest BCUT2D eigenvalue weighted by Gasteiger charge is 2.16. The lowest BCUT2D eigenvalue weighted by atomic mass is 10.1. The van der Waals surface area contributed by atoms with Gasteiger partial charge in [0.15, 0.2) is 0 Å². The standard InChI is InChI=1S/C16H22FN5O2/c1-2-10-6-12(7-14(17)21-10)22-15(18)13(16(19)23)8-20-11-4-3-5-24-9-11/h6-8,11,20H,2-5,9H2,1H3,(H2,19,23)(H2,18,21,22)/b13-8+. The number of amidine groups is 1. The first-order chi connectivity index (χ1) is 11.5. The summed E-state index contributed by atoms with van der Waals surface area (Å²) >= 11 is 0. The van der Waals surface area contributed by atoms with E-state index in [0.717, 1.165) is 25.5 Å². The number of carbonyl (C=O) groups excluding carboxylic acids is 1. The molecule has 0 bridgehead atoms. The van der Waals surface area contributed by atoms with Gasteiger partial charge in [-0.3, -0.25) is 10.2 Å². The average Bonchev–Trinajstić information content (AvgIpc) is 2.55. The number of primary amides is 1. The quantitative estimate of drug-likeness (QED) is 0.271. The summed E-state index contributed by atoms with van der Waals surface area (Å²) in [5, 5.41) is 13.8. The van der Waals surface area contributed by atoms with Crippen LogP contribution in [0.25, 0.3) is 0 Å². The zero-order valence-electron chi connectivity index (χ0n) is 13.6. The minimum absolute atomic E-state index is 0.0177. The van der Waals surface area contributed by atoms with Gasteiger partial charge in [-0.2, -0.15) is 4.39 Å². The Balaban J connectivity index is 2.08. The third-order valence-corrected chi connectivity index (χ3v) is 3.64. The topological polar surface area (TPSA) is 113 Å². The van der Waals surface area contributed by atoms with Gasteiger partial charge in [0.1, 0.15) is 5.84 Å². The number of nitrogens with two attached hydrogens (primary N) is 1. The van der Waals surface area contributed by atoms with Crippen LogP contribution in [0, 0.1) is 11.4 Å². The number of nitrogens with one attached hydrogen (secondary N) is 3. The molecule has 5 N–H and O–H groups in total. The molecule has 1 aliphatic rings. The Bertz CT molecular complexity index is 641. The normalized spacial score (nSPS) is 18.1. The van der Waals surface area contributed by atoms with Crippen molar-refractivity contribution in [1.29, 1.82) is 5.41 Å². The largest absolute Gasteiger partial charge is 0.385 e. The lowest BCUT2D eigenvalue weighted by Crippen LogP contribution is -2.35. The van der Waals surface area contributed by atoms with E-state index >= 15 is 0 Å². The molecule has 1 aliphatic heterocycles. The third-order valence-electron chi connectivity index (χ3n) is 3.64. The van der Waals surface area contributed by atoms with Gasteiger partial charge < -0.3 is 21.1 Å². The van der Waals surface area contributed by atoms with Crippen molar-refractivity contribution in [2.45, 2.75) is 32.2 Å². The van der Waals surface area contributed by atoms with E-state index in [2.05, 4.69) is 15.6 Å². The fraction of sp³-hybridized carbons (Fsp3) is 0.438. The maximum absolute atomic E-state index is 13.5. The summed E-state index contributed by atoms with van der Waals surface area (Å²) < 4.78 is 18.8. The van der Waals surface area contributed by atoms with E-state index in [0.29, 0.717) is 24.4 Å². The second kappa shape index (κ2) is 8.39. The molecule has 8 heteroatoms. The van der Waals surface area contributed by atoms with Crippen molar-refractivity contribution in [3.8, 4) is 0 Å². The smallest absolute Gasteiger partial charge is 0.253 e. The van der Waals surface area contributed by atoms with Gasteiger partial charge in [0, 0.05) is 36.3 Å². The number of hydrogen-bond donors (Lipinski definition) is 4. The summed E-state index contributed by atoms with van der Waals surface area (Å²) in [5.74, 6) is -1.60. The zero-order valence-corrected chi connectivity index (χ0v) is 13.6. The minimum atomic E-state index is -0.748. The summed E-state index contributed by atoms with van der Waals surface area (Å²) in [4.78, 5) is 15.3. The number of nitrogens with zero attached hydrogens (tertiary/aromatic N) is 1. The molecule has 24 heavy (non-hydrogen) atoms. The van der Waals surface area contributed by atoms with E-state index < -0.39 is 11.9 Å². The van der Waals surface area contributed by atoms with E-state index in [-0.39, 0.29) is 17.5 Å². The summed E-state index contributed by atoms with van der Waals surface area (Å²) in [6.45, 7) is 3.12. The lowest BCUT2D eigenvalue weighted by Gasteiger charge is -2.22. The fourth-order valence-corrected chi connectivity index (χ4v) is 2.36. The highest BCUT2D eigenvalue weighted by Crippen LogP contribution is 2.13. The van der Waals surface area contributed by atoms with Gasteiger partial charge in [0.25, 0.3) is 5.91 Å². The third kappa shape index (κ3) is 5.02. The number of carbonyl (C=O) groups is 1. The molecule has 0 saturated carbocycles. The minimum Gasteiger partial charge on any atom is -0.385 e. The maximum atomic E-state index is 13.5. The summed E-state index contributed by atoms with van der Waals surface area (Å²) in [6, 6.07) is 2.86. The molecule has 1 atom stereocenters. The van der Waals surface area contributed by atoms with Crippen LogP contribution in [0.15, 0.2) is 23.9 Å². The van der Waals surface area contributed by atoms with Crippen LogP contribution >= 0.6 is 0 Å². The molecule has 0 radical (unpaired) electrons. The highest BCUT2D eigenvalue weighted by atomic mass is 19.1. The first-order valence-corrected chi connectivity index (χ1v) is 7.85. The summed E-state index contributed by atoms with van der Waals surface area (Å²) in [7, 11) is 0. The van der Waals surface area contributed by atoms with E-state index in [1.54, 1.807) is 6.07 Å². The number of aryl methyl sites for hydroxylation is 1. The molecule has 0 spiro atoms. The van der Waals surface area contributed by atoms with Crippen LogP contribution in [0.3, 0.4) is 0 Å². The number of rotatable bonds is 6. The fourth-order valence-electron chi connectivity index (χ4n) is 2.36. The predicted octanol–water partition coefficient (Wildman–Crippen LogP) is 1.31. The second-order valence-corrected chi connectivity index (χ2v) is 5.53. The van der Waals surface area contributed by atoms with E-state index in [4.69, 9.17) is 15.9 Å². The van der Waals surface area contributed by atoms with E-state index in [9.17, 15) is 9.18 Å². The summed E-state index contributed by atoms with van der Waals surface area (Å²) in [5.41, 5.74) is 6.22. The van der Waals surface area contributed by atoms with E-state index in [1.807, 2.05) is 6.92 Å². The maximum Gasteiger partial charge on any atom is 0.253 e. The number of aromatic nitrogens is 1. The van der Waals surface area contributed by atoms with Crippen LogP contribution in [0.2, 0.25) is 0 Å². The van der Waals surface area contributed by atoms with Crippen molar-refractivity contribution in [1.82, 2.24) is 10.3 Å². The Labute approximate surface area is 140 Å². The van der Waals surface area contributed by atoms with Crippen LogP contribution in [0.5, 0.6) is 0 Å². The van der Waals surface area contributed by atoms with Crippen molar-refractivity contribution >= 4 is 17.4 Å². The van der Waals surface area contributed by atoms with Crippen LogP contribution in [-0.2, 0) is 16.0 Å². The second-order valence-electron chi connectivity index (χ2n) is 5.53. The Morgan fingerprint density at radius 3 is 3.00 bits per heavy atom. The molecule has 130 valence electrons. The Morgan fingerprint density at radius 2 is 2.38 bits per heavy atom. The molecule has 2 heterocycles. The van der Waals surface area contributed by atoms with Gasteiger partial charge in [-0.25, -0.2) is 4.98 Å². The zero-order chi connectivity index (χ0) is 17.5. The lowest BCUT2D eigenvalue weighted by molar-refractivity contribution is -0.114. The molecular formula is C16H22FN5O2. The molecule has 1 aromatic rings. The molecule has 1 unspecified atom stereocenters. The van der Waals surface area contributed by atoms with Gasteiger partial charge in [-0.15, -0.1) is 0 Å². The molecule has 7 nitrogen and oxygen atoms in total. The van der Waals surface area contributed by atoms with Crippen LogP contribution in [0.4, 0.5) is 10.1 Å². The molecular weight excluding hydrogens is 313 g/mol. The summed E-state index contributed by atoms with van der Waals surface area (Å²) in [6.07, 6.45) is 3.82. The van der Waals surface area contributed by atoms with Crippen molar-refractivity contribution in [2.24, 2.45) is 5.73 Å². The van der Waals surface area contributed by atoms with Crippen molar-refractivity contribution in [2.75, 3.05) is 18.5 Å². The molecule has 0 aliphatic carbocycles. The molecule has 1 saturated heterocycles. The van der Waals surface area contributed by atoms with Gasteiger partial charge >= 0.3 is 0 Å². The van der Waals surface area contributed by atoms with Crippen molar-refractivity contribution < 1.29 is 13.9 Å². The van der Waals surface area contributed by atoms with Gasteiger partial charge in [-0.05, 0) is 25.3 Å². The van der Waals surface area contributed by atoms with Crippen LogP contribution in [-0.4, -0.2) is 36.0 Å². The van der Waals surface area contributed by atoms with Crippen LogP contribution in [0.1, 0.15) is 25.5 Å². The Morgan fingerprint density at radius 1 is 1.58 bits per heavy atom. The Kier molecular flexibility index (Phi) is 6.25. The van der Waals surface area contributed by atoms with Gasteiger partial charge in [0.05, 0.1) is 12.2 Å².